The van der Waals surface area contributed by atoms with E-state index in [9.17, 15) is 9.18 Å². The predicted octanol–water partition coefficient (Wildman–Crippen LogP) is 0.753. The van der Waals surface area contributed by atoms with Crippen molar-refractivity contribution >= 4 is 6.09 Å². The number of aliphatic hydroxyl groups excluding tert-OH is 1. The molecule has 72 valence electrons. The zero-order valence-corrected chi connectivity index (χ0v) is 7.17. The van der Waals surface area contributed by atoms with Crippen LogP contribution < -0.4 is 5.32 Å². The van der Waals surface area contributed by atoms with Crippen molar-refractivity contribution in [2.24, 2.45) is 0 Å². The van der Waals surface area contributed by atoms with Crippen LogP contribution in [-0.4, -0.2) is 34.6 Å². The molecule has 0 radical (unpaired) electrons. The van der Waals surface area contributed by atoms with E-state index in [1.54, 1.807) is 6.92 Å². The number of carbonyl (C=O) groups is 1. The molecule has 2 atom stereocenters. The van der Waals surface area contributed by atoms with Crippen molar-refractivity contribution in [3.8, 4) is 0 Å². The molecular weight excluding hydrogens is 165 g/mol. The topological polar surface area (TPSA) is 69.6 Å². The second-order valence-corrected chi connectivity index (χ2v) is 3.13. The number of alkyl halides is 1. The Kier molecular flexibility index (Phi) is 3.95. The van der Waals surface area contributed by atoms with Crippen molar-refractivity contribution in [1.82, 2.24) is 5.32 Å². The van der Waals surface area contributed by atoms with Gasteiger partial charge in [0, 0.05) is 12.5 Å². The van der Waals surface area contributed by atoms with Gasteiger partial charge in [-0.2, -0.15) is 0 Å². The average molecular weight is 179 g/mol. The molecule has 0 saturated carbocycles. The Hall–Kier alpha value is -0.840. The molecule has 0 aromatic rings. The monoisotopic (exact) mass is 179 g/mol. The normalized spacial score (nSPS) is 18.0. The highest BCUT2D eigenvalue weighted by atomic mass is 19.1. The number of hydrogen-bond acceptors (Lipinski definition) is 2. The molecule has 0 fully saturated rings. The first kappa shape index (κ1) is 11.2. The largest absolute Gasteiger partial charge is 0.465 e. The number of amides is 1. The summed E-state index contributed by atoms with van der Waals surface area (Å²) >= 11 is 0. The molecule has 0 rings (SSSR count). The molecule has 0 aliphatic heterocycles. The highest BCUT2D eigenvalue weighted by molar-refractivity contribution is 5.64. The molecule has 0 aliphatic carbocycles. The molecule has 0 aromatic carbocycles. The SMILES string of the molecule is CC(CC(C)(F)CO)NC(=O)O. The Morgan fingerprint density at radius 3 is 2.58 bits per heavy atom. The molecule has 5 heteroatoms. The molecule has 12 heavy (non-hydrogen) atoms. The van der Waals surface area contributed by atoms with E-state index < -0.39 is 24.4 Å². The Morgan fingerprint density at radius 1 is 1.75 bits per heavy atom. The van der Waals surface area contributed by atoms with Crippen LogP contribution in [0.4, 0.5) is 9.18 Å². The molecule has 0 heterocycles. The minimum absolute atomic E-state index is 0.0319. The van der Waals surface area contributed by atoms with Crippen LogP contribution in [0.25, 0.3) is 0 Å². The van der Waals surface area contributed by atoms with Crippen molar-refractivity contribution in [2.75, 3.05) is 6.61 Å². The van der Waals surface area contributed by atoms with Crippen LogP contribution in [0, 0.1) is 0 Å². The summed E-state index contributed by atoms with van der Waals surface area (Å²) in [5, 5.41) is 18.9. The van der Waals surface area contributed by atoms with Crippen molar-refractivity contribution < 1.29 is 19.4 Å². The summed E-state index contributed by atoms with van der Waals surface area (Å²) in [4.78, 5) is 10.1. The lowest BCUT2D eigenvalue weighted by atomic mass is 10.0. The van der Waals surface area contributed by atoms with E-state index in [1.165, 1.54) is 6.92 Å². The van der Waals surface area contributed by atoms with Gasteiger partial charge in [0.15, 0.2) is 0 Å². The van der Waals surface area contributed by atoms with Crippen LogP contribution in [0.15, 0.2) is 0 Å². The predicted molar refractivity (Wildman–Crippen MR) is 41.8 cm³/mol. The minimum atomic E-state index is -1.72. The number of halogens is 1. The van der Waals surface area contributed by atoms with Crippen LogP contribution in [-0.2, 0) is 0 Å². The highest BCUT2D eigenvalue weighted by Crippen LogP contribution is 2.16. The summed E-state index contributed by atoms with van der Waals surface area (Å²) in [5.74, 6) is 0. The van der Waals surface area contributed by atoms with E-state index in [0.717, 1.165) is 0 Å². The van der Waals surface area contributed by atoms with Crippen LogP contribution >= 0.6 is 0 Å². The maximum Gasteiger partial charge on any atom is 0.404 e. The molecule has 0 bridgehead atoms. The zero-order valence-electron chi connectivity index (χ0n) is 7.17. The molecular formula is C7H14FNO3. The fraction of sp³-hybridized carbons (Fsp3) is 0.857. The fourth-order valence-corrected chi connectivity index (χ4v) is 0.965. The second-order valence-electron chi connectivity index (χ2n) is 3.13. The number of rotatable bonds is 4. The number of nitrogens with one attached hydrogen (secondary N) is 1. The lowest BCUT2D eigenvalue weighted by Crippen LogP contribution is -2.38. The molecule has 0 saturated heterocycles. The Morgan fingerprint density at radius 2 is 2.25 bits per heavy atom. The van der Waals surface area contributed by atoms with Crippen LogP contribution in [0.5, 0.6) is 0 Å². The Labute approximate surface area is 70.4 Å². The smallest absolute Gasteiger partial charge is 0.404 e. The first-order valence-corrected chi connectivity index (χ1v) is 3.66. The molecule has 3 N–H and O–H groups in total. The lowest BCUT2D eigenvalue weighted by molar-refractivity contribution is 0.0710. The summed E-state index contributed by atoms with van der Waals surface area (Å²) in [7, 11) is 0. The van der Waals surface area contributed by atoms with Crippen molar-refractivity contribution in [2.45, 2.75) is 32.0 Å². The number of hydrogen-bond donors (Lipinski definition) is 3. The van der Waals surface area contributed by atoms with Gasteiger partial charge in [-0.1, -0.05) is 0 Å². The van der Waals surface area contributed by atoms with E-state index in [2.05, 4.69) is 5.32 Å². The van der Waals surface area contributed by atoms with E-state index in [-0.39, 0.29) is 6.42 Å². The minimum Gasteiger partial charge on any atom is -0.465 e. The van der Waals surface area contributed by atoms with E-state index in [0.29, 0.717) is 0 Å². The van der Waals surface area contributed by atoms with Crippen molar-refractivity contribution in [3.63, 3.8) is 0 Å². The van der Waals surface area contributed by atoms with E-state index in [4.69, 9.17) is 10.2 Å². The Balaban J connectivity index is 3.83. The van der Waals surface area contributed by atoms with Gasteiger partial charge in [0.2, 0.25) is 0 Å². The zero-order chi connectivity index (χ0) is 9.78. The quantitative estimate of drug-likeness (QED) is 0.596. The molecule has 2 unspecified atom stereocenters. The van der Waals surface area contributed by atoms with Gasteiger partial charge >= 0.3 is 6.09 Å². The van der Waals surface area contributed by atoms with Gasteiger partial charge in [0.05, 0.1) is 6.61 Å². The van der Waals surface area contributed by atoms with Crippen LogP contribution in [0.3, 0.4) is 0 Å². The lowest BCUT2D eigenvalue weighted by Gasteiger charge is -2.21. The van der Waals surface area contributed by atoms with Gasteiger partial charge in [0.1, 0.15) is 5.67 Å². The highest BCUT2D eigenvalue weighted by Gasteiger charge is 2.25. The maximum absolute atomic E-state index is 13.0. The summed E-state index contributed by atoms with van der Waals surface area (Å²) in [6, 6.07) is -0.496. The number of carboxylic acid groups (broad SMARTS) is 1. The van der Waals surface area contributed by atoms with Crippen molar-refractivity contribution in [3.05, 3.63) is 0 Å². The third-order valence-electron chi connectivity index (χ3n) is 1.43. The summed E-state index contributed by atoms with van der Waals surface area (Å²) < 4.78 is 13.0. The summed E-state index contributed by atoms with van der Waals surface area (Å²) in [6.07, 6.45) is -1.22. The van der Waals surface area contributed by atoms with Crippen molar-refractivity contribution in [1.29, 1.82) is 0 Å². The van der Waals surface area contributed by atoms with Gasteiger partial charge in [0.25, 0.3) is 0 Å². The summed E-state index contributed by atoms with van der Waals surface area (Å²) in [6.45, 7) is 2.17. The van der Waals surface area contributed by atoms with Gasteiger partial charge in [-0.15, -0.1) is 0 Å². The van der Waals surface area contributed by atoms with Crippen LogP contribution in [0.2, 0.25) is 0 Å². The molecule has 0 aliphatic rings. The second kappa shape index (κ2) is 4.25. The van der Waals surface area contributed by atoms with Gasteiger partial charge < -0.3 is 15.5 Å². The molecule has 0 aromatic heterocycles. The fourth-order valence-electron chi connectivity index (χ4n) is 0.965. The average Bonchev–Trinajstić information content (AvgIpc) is 1.84. The first-order valence-electron chi connectivity index (χ1n) is 3.66. The number of aliphatic hydroxyl groups is 1. The molecule has 0 spiro atoms. The van der Waals surface area contributed by atoms with Gasteiger partial charge in [-0.05, 0) is 13.8 Å². The van der Waals surface area contributed by atoms with Gasteiger partial charge in [-0.25, -0.2) is 9.18 Å². The van der Waals surface area contributed by atoms with Crippen LogP contribution in [0.1, 0.15) is 20.3 Å². The third kappa shape index (κ3) is 4.90. The standard InChI is InChI=1S/C7H14FNO3/c1-5(9-6(11)12)3-7(2,8)4-10/h5,9-10H,3-4H2,1-2H3,(H,11,12). The first-order chi connectivity index (χ1) is 5.37. The molecule has 4 nitrogen and oxygen atoms in total. The Bertz CT molecular complexity index is 161. The van der Waals surface area contributed by atoms with E-state index in [1.807, 2.05) is 0 Å². The third-order valence-corrected chi connectivity index (χ3v) is 1.43. The van der Waals surface area contributed by atoms with E-state index >= 15 is 0 Å². The maximum atomic E-state index is 13.0. The molecule has 1 amide bonds. The van der Waals surface area contributed by atoms with Gasteiger partial charge in [-0.3, -0.25) is 0 Å². The summed E-state index contributed by atoms with van der Waals surface area (Å²) in [5.41, 5.74) is -1.72.